The second-order valence-corrected chi connectivity index (χ2v) is 7.27. The van der Waals surface area contributed by atoms with E-state index in [1.807, 2.05) is 0 Å². The van der Waals surface area contributed by atoms with Gasteiger partial charge >= 0.3 is 0 Å². The summed E-state index contributed by atoms with van der Waals surface area (Å²) in [5, 5.41) is 3.98. The van der Waals surface area contributed by atoms with Gasteiger partial charge in [0.2, 0.25) is 0 Å². The van der Waals surface area contributed by atoms with E-state index in [1.54, 1.807) is 18.2 Å². The van der Waals surface area contributed by atoms with Crippen molar-refractivity contribution in [2.45, 2.75) is 5.75 Å². The Morgan fingerprint density at radius 3 is 2.53 bits per heavy atom. The van der Waals surface area contributed by atoms with Gasteiger partial charge in [0.15, 0.2) is 9.84 Å². The van der Waals surface area contributed by atoms with Crippen LogP contribution in [-0.4, -0.2) is 27.3 Å². The van der Waals surface area contributed by atoms with Gasteiger partial charge in [0.05, 0.1) is 11.5 Å². The molecule has 1 saturated heterocycles. The molecule has 1 fully saturated rings. The summed E-state index contributed by atoms with van der Waals surface area (Å²) in [6.45, 7) is 1.57. The lowest BCUT2D eigenvalue weighted by Gasteiger charge is -2.26. The molecule has 1 heterocycles. The van der Waals surface area contributed by atoms with Crippen LogP contribution in [0.25, 0.3) is 0 Å². The summed E-state index contributed by atoms with van der Waals surface area (Å²) in [5.41, 5.74) is 0.614. The van der Waals surface area contributed by atoms with Crippen molar-refractivity contribution in [3.8, 4) is 0 Å². The van der Waals surface area contributed by atoms with E-state index in [1.165, 1.54) is 0 Å². The molecule has 0 unspecified atom stereocenters. The Morgan fingerprint density at radius 1 is 1.29 bits per heavy atom. The SMILES string of the molecule is O=S(=O)(Cc1ccc(Cl)cc1Cl)CC1CNC1. The van der Waals surface area contributed by atoms with Crippen molar-refractivity contribution in [2.75, 3.05) is 18.8 Å². The highest BCUT2D eigenvalue weighted by Gasteiger charge is 2.24. The molecule has 1 N–H and O–H groups in total. The zero-order valence-corrected chi connectivity index (χ0v) is 11.4. The van der Waals surface area contributed by atoms with Gasteiger partial charge in [0, 0.05) is 23.1 Å². The molecule has 1 aliphatic heterocycles. The molecule has 1 aliphatic rings. The summed E-state index contributed by atoms with van der Waals surface area (Å²) >= 11 is 11.7. The van der Waals surface area contributed by atoms with Gasteiger partial charge in [-0.05, 0) is 23.6 Å². The quantitative estimate of drug-likeness (QED) is 0.925. The topological polar surface area (TPSA) is 46.2 Å². The lowest BCUT2D eigenvalue weighted by atomic mass is 10.1. The molecule has 0 bridgehead atoms. The van der Waals surface area contributed by atoms with Gasteiger partial charge < -0.3 is 5.32 Å². The highest BCUT2D eigenvalue weighted by atomic mass is 35.5. The lowest BCUT2D eigenvalue weighted by molar-refractivity contribution is 0.378. The predicted octanol–water partition coefficient (Wildman–Crippen LogP) is 2.13. The first-order chi connectivity index (χ1) is 7.96. The van der Waals surface area contributed by atoms with Gasteiger partial charge in [-0.15, -0.1) is 0 Å². The number of hydrogen-bond acceptors (Lipinski definition) is 3. The molecule has 6 heteroatoms. The molecule has 3 nitrogen and oxygen atoms in total. The van der Waals surface area contributed by atoms with E-state index in [0.717, 1.165) is 13.1 Å². The van der Waals surface area contributed by atoms with Crippen LogP contribution in [0, 0.1) is 5.92 Å². The second kappa shape index (κ2) is 5.14. The van der Waals surface area contributed by atoms with Crippen molar-refractivity contribution in [2.24, 2.45) is 5.92 Å². The normalized spacial score (nSPS) is 16.8. The Morgan fingerprint density at radius 2 is 2.00 bits per heavy atom. The predicted molar refractivity (Wildman–Crippen MR) is 70.3 cm³/mol. The van der Waals surface area contributed by atoms with Crippen molar-refractivity contribution in [3.63, 3.8) is 0 Å². The number of nitrogens with one attached hydrogen (secondary N) is 1. The molecule has 0 atom stereocenters. The first-order valence-electron chi connectivity index (χ1n) is 5.31. The highest BCUT2D eigenvalue weighted by molar-refractivity contribution is 7.90. The molecule has 0 radical (unpaired) electrons. The van der Waals surface area contributed by atoms with Crippen LogP contribution in [0.4, 0.5) is 0 Å². The average Bonchev–Trinajstić information content (AvgIpc) is 2.17. The van der Waals surface area contributed by atoms with Crippen molar-refractivity contribution in [1.29, 1.82) is 0 Å². The fourth-order valence-electron chi connectivity index (χ4n) is 1.76. The molecule has 0 saturated carbocycles. The van der Waals surface area contributed by atoms with Gasteiger partial charge in [-0.25, -0.2) is 8.42 Å². The van der Waals surface area contributed by atoms with Crippen molar-refractivity contribution >= 4 is 33.0 Å². The van der Waals surface area contributed by atoms with Crippen molar-refractivity contribution in [1.82, 2.24) is 5.32 Å². The van der Waals surface area contributed by atoms with E-state index in [-0.39, 0.29) is 17.4 Å². The first-order valence-corrected chi connectivity index (χ1v) is 7.89. The van der Waals surface area contributed by atoms with Gasteiger partial charge in [-0.3, -0.25) is 0 Å². The van der Waals surface area contributed by atoms with Gasteiger partial charge in [0.1, 0.15) is 0 Å². The zero-order chi connectivity index (χ0) is 12.5. The monoisotopic (exact) mass is 293 g/mol. The minimum Gasteiger partial charge on any atom is -0.316 e. The van der Waals surface area contributed by atoms with Crippen LogP contribution in [0.1, 0.15) is 5.56 Å². The third kappa shape index (κ3) is 3.58. The minimum atomic E-state index is -3.10. The zero-order valence-electron chi connectivity index (χ0n) is 9.12. The first kappa shape index (κ1) is 13.1. The Bertz CT molecular complexity index is 512. The molecule has 1 aromatic rings. The molecule has 94 valence electrons. The van der Waals surface area contributed by atoms with E-state index in [9.17, 15) is 8.42 Å². The third-order valence-electron chi connectivity index (χ3n) is 2.75. The fraction of sp³-hybridized carbons (Fsp3) is 0.455. The van der Waals surface area contributed by atoms with E-state index in [0.29, 0.717) is 15.6 Å². The van der Waals surface area contributed by atoms with Crippen molar-refractivity contribution in [3.05, 3.63) is 33.8 Å². The van der Waals surface area contributed by atoms with E-state index < -0.39 is 9.84 Å². The minimum absolute atomic E-state index is 0.0144. The molecular formula is C11H13Cl2NO2S. The fourth-order valence-corrected chi connectivity index (χ4v) is 4.11. The van der Waals surface area contributed by atoms with Crippen LogP contribution in [-0.2, 0) is 15.6 Å². The van der Waals surface area contributed by atoms with E-state index >= 15 is 0 Å². The van der Waals surface area contributed by atoms with Gasteiger partial charge in [-0.2, -0.15) is 0 Å². The average molecular weight is 294 g/mol. The summed E-state index contributed by atoms with van der Waals surface area (Å²) in [6.07, 6.45) is 0. The molecule has 0 aliphatic carbocycles. The van der Waals surface area contributed by atoms with Crippen LogP contribution in [0.3, 0.4) is 0 Å². The van der Waals surface area contributed by atoms with Crippen LogP contribution in [0.5, 0.6) is 0 Å². The molecule has 0 aromatic heterocycles. The van der Waals surface area contributed by atoms with Crippen LogP contribution in [0.15, 0.2) is 18.2 Å². The molecular weight excluding hydrogens is 281 g/mol. The van der Waals surface area contributed by atoms with Gasteiger partial charge in [-0.1, -0.05) is 29.3 Å². The largest absolute Gasteiger partial charge is 0.316 e. The number of halogens is 2. The number of rotatable bonds is 4. The Labute approximate surface area is 111 Å². The summed E-state index contributed by atoms with van der Waals surface area (Å²) in [4.78, 5) is 0. The summed E-state index contributed by atoms with van der Waals surface area (Å²) in [5.74, 6) is 0.449. The molecule has 0 amide bonds. The molecule has 2 rings (SSSR count). The van der Waals surface area contributed by atoms with Crippen LogP contribution < -0.4 is 5.32 Å². The summed E-state index contributed by atoms with van der Waals surface area (Å²) in [6, 6.07) is 4.89. The van der Waals surface area contributed by atoms with Crippen molar-refractivity contribution < 1.29 is 8.42 Å². The Kier molecular flexibility index (Phi) is 3.98. The maximum Gasteiger partial charge on any atom is 0.154 e. The molecule has 1 aromatic carbocycles. The number of sulfone groups is 1. The molecule has 17 heavy (non-hydrogen) atoms. The Balaban J connectivity index is 2.08. The lowest BCUT2D eigenvalue weighted by Crippen LogP contribution is -2.45. The maximum atomic E-state index is 11.9. The molecule has 0 spiro atoms. The van der Waals surface area contributed by atoms with Crippen LogP contribution >= 0.6 is 23.2 Å². The third-order valence-corrected chi connectivity index (χ3v) is 5.06. The Hall–Kier alpha value is -0.290. The van der Waals surface area contributed by atoms with Gasteiger partial charge in [0.25, 0.3) is 0 Å². The standard InChI is InChI=1S/C11H13Cl2NO2S/c12-10-2-1-9(11(13)3-10)7-17(15,16)6-8-4-14-5-8/h1-3,8,14H,4-7H2. The smallest absolute Gasteiger partial charge is 0.154 e. The number of hydrogen-bond donors (Lipinski definition) is 1. The maximum absolute atomic E-state index is 11.9. The van der Waals surface area contributed by atoms with Crippen LogP contribution in [0.2, 0.25) is 10.0 Å². The van der Waals surface area contributed by atoms with E-state index in [2.05, 4.69) is 5.32 Å². The summed E-state index contributed by atoms with van der Waals surface area (Å²) in [7, 11) is -3.10. The van der Waals surface area contributed by atoms with E-state index in [4.69, 9.17) is 23.2 Å². The summed E-state index contributed by atoms with van der Waals surface area (Å²) < 4.78 is 23.8. The second-order valence-electron chi connectivity index (χ2n) is 4.31. The number of benzene rings is 1. The highest BCUT2D eigenvalue weighted by Crippen LogP contribution is 2.23.